The molecule has 1 heterocycles. The second-order valence-electron chi connectivity index (χ2n) is 6.10. The highest BCUT2D eigenvalue weighted by molar-refractivity contribution is 7.90. The van der Waals surface area contributed by atoms with Crippen LogP contribution in [-0.4, -0.2) is 51.6 Å². The van der Waals surface area contributed by atoms with Crippen LogP contribution in [0, 0.1) is 0 Å². The van der Waals surface area contributed by atoms with Gasteiger partial charge in [0.25, 0.3) is 10.0 Å². The minimum atomic E-state index is -3.88. The van der Waals surface area contributed by atoms with Crippen LogP contribution >= 0.6 is 0 Å². The van der Waals surface area contributed by atoms with Gasteiger partial charge in [0.15, 0.2) is 0 Å². The summed E-state index contributed by atoms with van der Waals surface area (Å²) in [7, 11) is -3.88. The van der Waals surface area contributed by atoms with Crippen LogP contribution in [0.2, 0.25) is 0 Å². The van der Waals surface area contributed by atoms with Gasteiger partial charge < -0.3 is 10.1 Å². The summed E-state index contributed by atoms with van der Waals surface area (Å²) in [6.45, 7) is 7.17. The van der Waals surface area contributed by atoms with E-state index in [0.717, 1.165) is 19.6 Å². The Hall–Kier alpha value is -1.80. The number of sulfonamides is 1. The molecule has 2 amide bonds. The Kier molecular flexibility index (Phi) is 6.44. The third-order valence-electron chi connectivity index (χ3n) is 3.66. The first kappa shape index (κ1) is 18.5. The van der Waals surface area contributed by atoms with Crippen LogP contribution in [0.1, 0.15) is 26.7 Å². The van der Waals surface area contributed by atoms with Gasteiger partial charge in [0.05, 0.1) is 4.90 Å². The van der Waals surface area contributed by atoms with Gasteiger partial charge in [0.1, 0.15) is 12.4 Å². The number of nitrogens with zero attached hydrogens (tertiary/aromatic N) is 1. The van der Waals surface area contributed by atoms with Gasteiger partial charge in [-0.2, -0.15) is 0 Å². The number of hydrogen-bond acceptors (Lipinski definition) is 5. The molecule has 1 aliphatic heterocycles. The Labute approximate surface area is 143 Å². The number of urea groups is 1. The number of rotatable bonds is 7. The zero-order valence-electron chi connectivity index (χ0n) is 14.1. The lowest BCUT2D eigenvalue weighted by atomic mass is 10.3. The van der Waals surface area contributed by atoms with Gasteiger partial charge in [-0.3, -0.25) is 4.90 Å². The summed E-state index contributed by atoms with van der Waals surface area (Å²) in [6.07, 6.45) is 2.48. The van der Waals surface area contributed by atoms with Crippen LogP contribution in [0.25, 0.3) is 0 Å². The maximum atomic E-state index is 12.1. The lowest BCUT2D eigenvalue weighted by Gasteiger charge is -2.15. The van der Waals surface area contributed by atoms with Crippen molar-refractivity contribution in [1.82, 2.24) is 14.9 Å². The molecule has 2 N–H and O–H groups in total. The Bertz CT molecular complexity index is 638. The number of carbonyl (C=O) groups excluding carboxylic acids is 1. The highest BCUT2D eigenvalue weighted by Gasteiger charge is 2.18. The van der Waals surface area contributed by atoms with E-state index in [1.165, 1.54) is 25.0 Å². The van der Waals surface area contributed by atoms with E-state index < -0.39 is 16.1 Å². The van der Waals surface area contributed by atoms with Crippen LogP contribution in [0.5, 0.6) is 5.75 Å². The second kappa shape index (κ2) is 8.34. The lowest BCUT2D eigenvalue weighted by Crippen LogP contribution is -2.42. The molecule has 0 spiro atoms. The number of nitrogens with one attached hydrogen (secondary N) is 2. The molecule has 0 saturated carbocycles. The van der Waals surface area contributed by atoms with E-state index in [2.05, 4.69) is 10.2 Å². The highest BCUT2D eigenvalue weighted by atomic mass is 32.2. The Morgan fingerprint density at radius 3 is 2.42 bits per heavy atom. The minimum absolute atomic E-state index is 0.0216. The molecule has 7 nitrogen and oxygen atoms in total. The molecule has 2 rings (SSSR count). The molecule has 1 saturated heterocycles. The van der Waals surface area contributed by atoms with Crippen molar-refractivity contribution in [2.45, 2.75) is 37.6 Å². The fourth-order valence-electron chi connectivity index (χ4n) is 2.49. The van der Waals surface area contributed by atoms with Crippen LogP contribution in [0.15, 0.2) is 29.2 Å². The smallest absolute Gasteiger partial charge is 0.328 e. The largest absolute Gasteiger partial charge is 0.492 e. The number of carbonyl (C=O) groups is 1. The van der Waals surface area contributed by atoms with Crippen molar-refractivity contribution in [3.05, 3.63) is 24.3 Å². The normalized spacial score (nSPS) is 15.5. The predicted molar refractivity (Wildman–Crippen MR) is 91.6 cm³/mol. The zero-order chi connectivity index (χ0) is 17.6. The molecule has 0 aliphatic carbocycles. The summed E-state index contributed by atoms with van der Waals surface area (Å²) in [4.78, 5) is 13.9. The third-order valence-corrected chi connectivity index (χ3v) is 5.00. The Morgan fingerprint density at radius 1 is 1.21 bits per heavy atom. The summed E-state index contributed by atoms with van der Waals surface area (Å²) >= 11 is 0. The summed E-state index contributed by atoms with van der Waals surface area (Å²) in [5, 5.41) is 2.48. The van der Waals surface area contributed by atoms with E-state index in [1.807, 2.05) is 4.72 Å². The maximum absolute atomic E-state index is 12.1. The molecule has 24 heavy (non-hydrogen) atoms. The minimum Gasteiger partial charge on any atom is -0.492 e. The first-order valence-corrected chi connectivity index (χ1v) is 9.64. The summed E-state index contributed by atoms with van der Waals surface area (Å²) in [5.74, 6) is 0.611. The topological polar surface area (TPSA) is 87.7 Å². The van der Waals surface area contributed by atoms with E-state index in [0.29, 0.717) is 12.4 Å². The molecule has 1 aliphatic rings. The van der Waals surface area contributed by atoms with Gasteiger partial charge in [0.2, 0.25) is 0 Å². The molecule has 0 radical (unpaired) electrons. The first-order chi connectivity index (χ1) is 11.4. The van der Waals surface area contributed by atoms with E-state index in [9.17, 15) is 13.2 Å². The van der Waals surface area contributed by atoms with Gasteiger partial charge in [-0.25, -0.2) is 17.9 Å². The van der Waals surface area contributed by atoms with Crippen molar-refractivity contribution in [3.8, 4) is 5.75 Å². The Balaban J connectivity index is 1.86. The predicted octanol–water partition coefficient (Wildman–Crippen LogP) is 1.56. The number of amides is 2. The van der Waals surface area contributed by atoms with Gasteiger partial charge in [-0.05, 0) is 64.0 Å². The molecule has 8 heteroatoms. The lowest BCUT2D eigenvalue weighted by molar-refractivity contribution is 0.237. The summed E-state index contributed by atoms with van der Waals surface area (Å²) in [6, 6.07) is 5.16. The average molecular weight is 355 g/mol. The molecule has 134 valence electrons. The van der Waals surface area contributed by atoms with Gasteiger partial charge in [-0.15, -0.1) is 0 Å². The maximum Gasteiger partial charge on any atom is 0.328 e. The SMILES string of the molecule is CC(C)NC(=O)NS(=O)(=O)c1ccc(OCCN2CCCC2)cc1. The van der Waals surface area contributed by atoms with Crippen molar-refractivity contribution in [2.24, 2.45) is 0 Å². The van der Waals surface area contributed by atoms with E-state index in [-0.39, 0.29) is 10.9 Å². The monoisotopic (exact) mass is 355 g/mol. The van der Waals surface area contributed by atoms with Crippen molar-refractivity contribution in [2.75, 3.05) is 26.2 Å². The molecule has 1 aromatic rings. The fourth-order valence-corrected chi connectivity index (χ4v) is 3.40. The van der Waals surface area contributed by atoms with Crippen LogP contribution in [-0.2, 0) is 10.0 Å². The van der Waals surface area contributed by atoms with Crippen LogP contribution in [0.4, 0.5) is 4.79 Å². The average Bonchev–Trinajstić information content (AvgIpc) is 2.99. The molecule has 0 atom stereocenters. The van der Waals surface area contributed by atoms with Crippen molar-refractivity contribution in [1.29, 1.82) is 0 Å². The molecule has 0 aromatic heterocycles. The van der Waals surface area contributed by atoms with E-state index in [1.54, 1.807) is 26.0 Å². The fraction of sp³-hybridized carbons (Fsp3) is 0.562. The quantitative estimate of drug-likeness (QED) is 0.775. The Morgan fingerprint density at radius 2 is 1.83 bits per heavy atom. The van der Waals surface area contributed by atoms with Gasteiger partial charge >= 0.3 is 6.03 Å². The molecular weight excluding hydrogens is 330 g/mol. The first-order valence-electron chi connectivity index (χ1n) is 8.15. The molecule has 0 bridgehead atoms. The number of hydrogen-bond donors (Lipinski definition) is 2. The number of benzene rings is 1. The molecule has 1 aromatic carbocycles. The van der Waals surface area contributed by atoms with Crippen molar-refractivity contribution >= 4 is 16.1 Å². The highest BCUT2D eigenvalue weighted by Crippen LogP contribution is 2.16. The molecule has 0 unspecified atom stereocenters. The van der Waals surface area contributed by atoms with Crippen molar-refractivity contribution in [3.63, 3.8) is 0 Å². The second-order valence-corrected chi connectivity index (χ2v) is 7.78. The zero-order valence-corrected chi connectivity index (χ0v) is 14.9. The molecule has 1 fully saturated rings. The summed E-state index contributed by atoms with van der Waals surface area (Å²) in [5.41, 5.74) is 0. The molecular formula is C16H25N3O4S. The van der Waals surface area contributed by atoms with Crippen molar-refractivity contribution < 1.29 is 17.9 Å². The van der Waals surface area contributed by atoms with Crippen LogP contribution in [0.3, 0.4) is 0 Å². The van der Waals surface area contributed by atoms with Gasteiger partial charge in [-0.1, -0.05) is 0 Å². The number of ether oxygens (including phenoxy) is 1. The number of likely N-dealkylation sites (tertiary alicyclic amines) is 1. The van der Waals surface area contributed by atoms with E-state index in [4.69, 9.17) is 4.74 Å². The van der Waals surface area contributed by atoms with Crippen LogP contribution < -0.4 is 14.8 Å². The van der Waals surface area contributed by atoms with E-state index >= 15 is 0 Å². The summed E-state index contributed by atoms with van der Waals surface area (Å²) < 4.78 is 31.8. The third kappa shape index (κ3) is 5.68. The van der Waals surface area contributed by atoms with Gasteiger partial charge in [0, 0.05) is 12.6 Å². The standard InChI is InChI=1S/C16H25N3O4S/c1-13(2)17-16(20)18-24(21,22)15-7-5-14(6-8-15)23-12-11-19-9-3-4-10-19/h5-8,13H,3-4,9-12H2,1-2H3,(H2,17,18,20).